The molecular weight excluding hydrogens is 407 g/mol. The quantitative estimate of drug-likeness (QED) is 0.398. The Morgan fingerprint density at radius 3 is 2.91 bits per heavy atom. The summed E-state index contributed by atoms with van der Waals surface area (Å²) < 4.78 is 7.06. The molecule has 8 heteroatoms. The molecule has 0 aliphatic heterocycles. The maximum absolute atomic E-state index is 5.33. The lowest BCUT2D eigenvalue weighted by Gasteiger charge is -2.16. The first-order valence-electron chi connectivity index (χ1n) is 7.59. The first-order chi connectivity index (χ1) is 10.7. The van der Waals surface area contributed by atoms with Gasteiger partial charge in [-0.05, 0) is 25.5 Å². The Kier molecular flexibility index (Phi) is 8.67. The minimum Gasteiger partial charge on any atom is -0.469 e. The summed E-state index contributed by atoms with van der Waals surface area (Å²) in [5, 5.41) is 10.8. The van der Waals surface area contributed by atoms with E-state index in [9.17, 15) is 0 Å². The van der Waals surface area contributed by atoms with Gasteiger partial charge in [0, 0.05) is 26.1 Å². The van der Waals surface area contributed by atoms with Crippen LogP contribution in [0.3, 0.4) is 0 Å². The van der Waals surface area contributed by atoms with Crippen LogP contribution in [-0.2, 0) is 20.0 Å². The molecule has 1 unspecified atom stereocenters. The van der Waals surface area contributed by atoms with Crippen molar-refractivity contribution < 1.29 is 4.42 Å². The second-order valence-electron chi connectivity index (χ2n) is 5.17. The number of aryl methyl sites for hydroxylation is 1. The van der Waals surface area contributed by atoms with Crippen LogP contribution >= 0.6 is 24.0 Å². The van der Waals surface area contributed by atoms with Crippen molar-refractivity contribution in [2.45, 2.75) is 39.3 Å². The lowest BCUT2D eigenvalue weighted by atomic mass is 10.3. The molecule has 0 bridgehead atoms. The third-order valence-corrected chi connectivity index (χ3v) is 3.42. The molecular formula is C15H25IN6O. The fourth-order valence-corrected chi connectivity index (χ4v) is 1.86. The minimum absolute atomic E-state index is 0. The third-order valence-electron chi connectivity index (χ3n) is 3.42. The van der Waals surface area contributed by atoms with Gasteiger partial charge in [0.05, 0.1) is 6.26 Å². The summed E-state index contributed by atoms with van der Waals surface area (Å²) in [5.74, 6) is 2.57. The van der Waals surface area contributed by atoms with Crippen LogP contribution in [0.5, 0.6) is 0 Å². The minimum atomic E-state index is 0. The molecule has 7 nitrogen and oxygen atoms in total. The van der Waals surface area contributed by atoms with Crippen molar-refractivity contribution in [1.29, 1.82) is 0 Å². The summed E-state index contributed by atoms with van der Waals surface area (Å²) in [6, 6.07) is 4.23. The van der Waals surface area contributed by atoms with E-state index in [2.05, 4.69) is 39.6 Å². The smallest absolute Gasteiger partial charge is 0.191 e. The highest BCUT2D eigenvalue weighted by molar-refractivity contribution is 14.0. The van der Waals surface area contributed by atoms with Crippen LogP contribution in [0.4, 0.5) is 0 Å². The Morgan fingerprint density at radius 2 is 2.30 bits per heavy atom. The molecule has 0 radical (unpaired) electrons. The van der Waals surface area contributed by atoms with E-state index in [-0.39, 0.29) is 24.0 Å². The first-order valence-corrected chi connectivity index (χ1v) is 7.59. The largest absolute Gasteiger partial charge is 0.469 e. The topological polar surface area (TPSA) is 80.3 Å². The van der Waals surface area contributed by atoms with Crippen LogP contribution in [0.25, 0.3) is 0 Å². The van der Waals surface area contributed by atoms with E-state index < -0.39 is 0 Å². The van der Waals surface area contributed by atoms with Crippen LogP contribution in [-0.4, -0.2) is 33.3 Å². The predicted octanol–water partition coefficient (Wildman–Crippen LogP) is 2.10. The number of furan rings is 1. The fraction of sp³-hybridized carbons (Fsp3) is 0.533. The second-order valence-corrected chi connectivity index (χ2v) is 5.17. The SMILES string of the molecule is CCC(C)NC(=NCc1ncnn1C)NCCc1ccco1.I. The lowest BCUT2D eigenvalue weighted by molar-refractivity contribution is 0.506. The van der Waals surface area contributed by atoms with Crippen molar-refractivity contribution in [2.24, 2.45) is 12.0 Å². The second kappa shape index (κ2) is 10.2. The van der Waals surface area contributed by atoms with Crippen molar-refractivity contribution >= 4 is 29.9 Å². The highest BCUT2D eigenvalue weighted by atomic mass is 127. The van der Waals surface area contributed by atoms with E-state index in [4.69, 9.17) is 4.42 Å². The van der Waals surface area contributed by atoms with Gasteiger partial charge in [0.2, 0.25) is 0 Å². The highest BCUT2D eigenvalue weighted by Gasteiger charge is 2.05. The van der Waals surface area contributed by atoms with E-state index in [1.54, 1.807) is 10.9 Å². The van der Waals surface area contributed by atoms with Gasteiger partial charge in [-0.15, -0.1) is 24.0 Å². The van der Waals surface area contributed by atoms with Gasteiger partial charge < -0.3 is 15.1 Å². The maximum Gasteiger partial charge on any atom is 0.191 e. The highest BCUT2D eigenvalue weighted by Crippen LogP contribution is 2.00. The summed E-state index contributed by atoms with van der Waals surface area (Å²) >= 11 is 0. The number of nitrogens with zero attached hydrogens (tertiary/aromatic N) is 4. The fourth-order valence-electron chi connectivity index (χ4n) is 1.86. The van der Waals surface area contributed by atoms with Gasteiger partial charge in [0.1, 0.15) is 24.5 Å². The molecule has 0 saturated carbocycles. The number of hydrogen-bond donors (Lipinski definition) is 2. The van der Waals surface area contributed by atoms with Crippen LogP contribution in [0.1, 0.15) is 31.9 Å². The van der Waals surface area contributed by atoms with E-state index in [0.717, 1.165) is 36.9 Å². The first kappa shape index (κ1) is 19.5. The molecule has 2 rings (SSSR count). The van der Waals surface area contributed by atoms with Gasteiger partial charge in [0.15, 0.2) is 5.96 Å². The molecule has 0 amide bonds. The van der Waals surface area contributed by atoms with Crippen LogP contribution in [0.15, 0.2) is 34.1 Å². The number of rotatable bonds is 7. The standard InChI is InChI=1S/C15H24N6O.HI/c1-4-12(2)20-15(16-8-7-13-6-5-9-22-13)17-10-14-18-11-19-21(14)3;/h5-6,9,11-12H,4,7-8,10H2,1-3H3,(H2,16,17,20);1H. The average Bonchev–Trinajstić information content (AvgIpc) is 3.16. The molecule has 0 aliphatic carbocycles. The molecule has 2 aromatic rings. The number of guanidine groups is 1. The van der Waals surface area contributed by atoms with Crippen molar-refractivity contribution in [2.75, 3.05) is 6.54 Å². The maximum atomic E-state index is 5.33. The van der Waals surface area contributed by atoms with Crippen molar-refractivity contribution in [3.05, 3.63) is 36.3 Å². The molecule has 0 saturated heterocycles. The van der Waals surface area contributed by atoms with Crippen molar-refractivity contribution in [3.8, 4) is 0 Å². The summed E-state index contributed by atoms with van der Waals surface area (Å²) in [6.45, 7) is 5.52. The van der Waals surface area contributed by atoms with Crippen LogP contribution in [0.2, 0.25) is 0 Å². The van der Waals surface area contributed by atoms with Gasteiger partial charge in [0.25, 0.3) is 0 Å². The van der Waals surface area contributed by atoms with Crippen molar-refractivity contribution in [3.63, 3.8) is 0 Å². The number of aromatic nitrogens is 3. The van der Waals surface area contributed by atoms with Crippen LogP contribution < -0.4 is 10.6 Å². The Morgan fingerprint density at radius 1 is 1.48 bits per heavy atom. The molecule has 0 fully saturated rings. The van der Waals surface area contributed by atoms with Gasteiger partial charge in [-0.1, -0.05) is 6.92 Å². The van der Waals surface area contributed by atoms with E-state index in [1.165, 1.54) is 6.33 Å². The average molecular weight is 432 g/mol. The van der Waals surface area contributed by atoms with E-state index >= 15 is 0 Å². The summed E-state index contributed by atoms with van der Waals surface area (Å²) in [7, 11) is 1.87. The third kappa shape index (κ3) is 6.59. The number of halogens is 1. The molecule has 128 valence electrons. The normalized spacial score (nSPS) is 12.6. The predicted molar refractivity (Wildman–Crippen MR) is 101 cm³/mol. The molecule has 23 heavy (non-hydrogen) atoms. The Balaban J connectivity index is 0.00000264. The zero-order valence-corrected chi connectivity index (χ0v) is 16.2. The molecule has 2 N–H and O–H groups in total. The molecule has 0 spiro atoms. The summed E-state index contributed by atoms with van der Waals surface area (Å²) in [4.78, 5) is 8.76. The molecule has 1 atom stereocenters. The number of nitrogens with one attached hydrogen (secondary N) is 2. The van der Waals surface area contributed by atoms with E-state index in [1.807, 2.05) is 19.2 Å². The number of aliphatic imine (C=N–C) groups is 1. The van der Waals surface area contributed by atoms with Gasteiger partial charge in [-0.3, -0.25) is 4.68 Å². The Hall–Kier alpha value is -1.58. The Bertz CT molecular complexity index is 581. The molecule has 0 aromatic carbocycles. The zero-order chi connectivity index (χ0) is 15.8. The zero-order valence-electron chi connectivity index (χ0n) is 13.8. The molecule has 2 aromatic heterocycles. The van der Waals surface area contributed by atoms with Crippen LogP contribution in [0, 0.1) is 0 Å². The van der Waals surface area contributed by atoms with Gasteiger partial charge in [-0.2, -0.15) is 5.10 Å². The lowest BCUT2D eigenvalue weighted by Crippen LogP contribution is -2.42. The molecule has 0 aliphatic rings. The Labute approximate surface area is 154 Å². The van der Waals surface area contributed by atoms with Crippen molar-refractivity contribution in [1.82, 2.24) is 25.4 Å². The molecule has 2 heterocycles. The summed E-state index contributed by atoms with van der Waals surface area (Å²) in [5.41, 5.74) is 0. The van der Waals surface area contributed by atoms with Gasteiger partial charge >= 0.3 is 0 Å². The summed E-state index contributed by atoms with van der Waals surface area (Å²) in [6.07, 6.45) is 5.08. The number of hydrogen-bond acceptors (Lipinski definition) is 4. The van der Waals surface area contributed by atoms with E-state index in [0.29, 0.717) is 12.6 Å². The van der Waals surface area contributed by atoms with Gasteiger partial charge in [-0.25, -0.2) is 9.98 Å². The monoisotopic (exact) mass is 432 g/mol.